The van der Waals surface area contributed by atoms with Gasteiger partial charge in [0.2, 0.25) is 0 Å². The molecule has 126 valence electrons. The van der Waals surface area contributed by atoms with Gasteiger partial charge in [-0.3, -0.25) is 0 Å². The second-order valence-corrected chi connectivity index (χ2v) is 8.32. The monoisotopic (exact) mass is 315 g/mol. The van der Waals surface area contributed by atoms with E-state index >= 15 is 0 Å². The van der Waals surface area contributed by atoms with Gasteiger partial charge in [0.25, 0.3) is 0 Å². The maximum absolute atomic E-state index is 4.87. The molecular weight excluding hydrogens is 286 g/mol. The van der Waals surface area contributed by atoms with Crippen LogP contribution in [0, 0.1) is 5.41 Å². The predicted octanol–water partition coefficient (Wildman–Crippen LogP) is 3.83. The Morgan fingerprint density at radius 2 is 2.00 bits per heavy atom. The third-order valence-electron chi connectivity index (χ3n) is 4.88. The summed E-state index contributed by atoms with van der Waals surface area (Å²) in [5, 5.41) is 13.5. The van der Waals surface area contributed by atoms with Gasteiger partial charge in [-0.1, -0.05) is 41.0 Å². The summed E-state index contributed by atoms with van der Waals surface area (Å²) in [6.07, 6.45) is 5.09. The highest BCUT2D eigenvalue weighted by atomic mass is 15.4. The fraction of sp³-hybridized carbons (Fsp3) is 0.722. The van der Waals surface area contributed by atoms with Crippen molar-refractivity contribution in [1.82, 2.24) is 19.8 Å². The molecular formula is C18H29N5. The zero-order valence-corrected chi connectivity index (χ0v) is 15.1. The molecule has 3 heterocycles. The Morgan fingerprint density at radius 3 is 2.70 bits per heavy atom. The van der Waals surface area contributed by atoms with Gasteiger partial charge in [-0.25, -0.2) is 0 Å². The number of nitrogens with zero attached hydrogens (tertiary/aromatic N) is 5. The fourth-order valence-electron chi connectivity index (χ4n) is 3.73. The number of fused-ring (bicyclic) bond motifs is 1. The van der Waals surface area contributed by atoms with Crippen molar-refractivity contribution in [3.8, 4) is 0 Å². The standard InChI is InChI=1S/C18H29N5/c1-6-10-18(5)11-7-12-22(13-18)15-9-8-14-19-20-16(17(2,3)4)23(14)21-15/h8-9H,6-7,10-13H2,1-5H3. The molecule has 0 N–H and O–H groups in total. The van der Waals surface area contributed by atoms with Crippen LogP contribution in [-0.4, -0.2) is 32.9 Å². The Kier molecular flexibility index (Phi) is 4.07. The van der Waals surface area contributed by atoms with Crippen molar-refractivity contribution in [1.29, 1.82) is 0 Å². The number of aromatic nitrogens is 4. The first-order chi connectivity index (χ1) is 10.8. The summed E-state index contributed by atoms with van der Waals surface area (Å²) in [5.74, 6) is 1.97. The minimum absolute atomic E-state index is 0.0658. The van der Waals surface area contributed by atoms with Gasteiger partial charge in [0, 0.05) is 18.5 Å². The first kappa shape index (κ1) is 16.2. The van der Waals surface area contributed by atoms with Gasteiger partial charge in [-0.15, -0.1) is 15.3 Å². The summed E-state index contributed by atoms with van der Waals surface area (Å²) < 4.78 is 1.92. The molecule has 1 aliphatic heterocycles. The van der Waals surface area contributed by atoms with E-state index in [9.17, 15) is 0 Å². The lowest BCUT2D eigenvalue weighted by molar-refractivity contribution is 0.238. The summed E-state index contributed by atoms with van der Waals surface area (Å²) >= 11 is 0. The van der Waals surface area contributed by atoms with Crippen LogP contribution >= 0.6 is 0 Å². The molecule has 1 unspecified atom stereocenters. The normalized spacial score (nSPS) is 22.7. The Labute approximate surface area is 139 Å². The number of anilines is 1. The molecule has 1 saturated heterocycles. The Balaban J connectivity index is 1.94. The van der Waals surface area contributed by atoms with Crippen LogP contribution in [0.15, 0.2) is 12.1 Å². The van der Waals surface area contributed by atoms with Gasteiger partial charge in [0.05, 0.1) is 0 Å². The van der Waals surface area contributed by atoms with Gasteiger partial charge >= 0.3 is 0 Å². The average molecular weight is 315 g/mol. The van der Waals surface area contributed by atoms with Crippen molar-refractivity contribution in [2.45, 2.75) is 65.7 Å². The van der Waals surface area contributed by atoms with E-state index in [1.165, 1.54) is 25.7 Å². The summed E-state index contributed by atoms with van der Waals surface area (Å²) in [6.45, 7) is 13.3. The van der Waals surface area contributed by atoms with E-state index < -0.39 is 0 Å². The molecule has 0 aromatic carbocycles. The minimum Gasteiger partial charge on any atom is -0.355 e. The topological polar surface area (TPSA) is 46.3 Å². The summed E-state index contributed by atoms with van der Waals surface area (Å²) in [7, 11) is 0. The molecule has 23 heavy (non-hydrogen) atoms. The zero-order valence-electron chi connectivity index (χ0n) is 15.1. The number of rotatable bonds is 3. The van der Waals surface area contributed by atoms with Gasteiger partial charge in [-0.05, 0) is 36.8 Å². The van der Waals surface area contributed by atoms with E-state index in [-0.39, 0.29) is 5.41 Å². The number of hydrogen-bond acceptors (Lipinski definition) is 4. The number of piperidine rings is 1. The molecule has 1 aliphatic rings. The summed E-state index contributed by atoms with van der Waals surface area (Å²) in [4.78, 5) is 2.44. The molecule has 2 aromatic rings. The second-order valence-electron chi connectivity index (χ2n) is 8.32. The molecule has 0 aliphatic carbocycles. The Morgan fingerprint density at radius 1 is 1.22 bits per heavy atom. The van der Waals surface area contributed by atoms with Crippen LogP contribution in [0.2, 0.25) is 0 Å². The SMILES string of the molecule is CCCC1(C)CCCN(c2ccc3nnc(C(C)(C)C)n3n2)C1. The smallest absolute Gasteiger partial charge is 0.178 e. The van der Waals surface area contributed by atoms with E-state index in [0.29, 0.717) is 5.41 Å². The van der Waals surface area contributed by atoms with Crippen molar-refractivity contribution in [2.75, 3.05) is 18.0 Å². The van der Waals surface area contributed by atoms with Gasteiger partial charge in [0.15, 0.2) is 11.5 Å². The molecule has 0 radical (unpaired) electrons. The largest absolute Gasteiger partial charge is 0.355 e. The van der Waals surface area contributed by atoms with Crippen molar-refractivity contribution in [2.24, 2.45) is 5.41 Å². The first-order valence-electron chi connectivity index (χ1n) is 8.80. The Hall–Kier alpha value is -1.65. The molecule has 1 atom stereocenters. The summed E-state index contributed by atoms with van der Waals surface area (Å²) in [5.41, 5.74) is 1.17. The van der Waals surface area contributed by atoms with Crippen LogP contribution in [0.5, 0.6) is 0 Å². The Bertz CT molecular complexity index is 680. The van der Waals surface area contributed by atoms with Crippen LogP contribution in [0.4, 0.5) is 5.82 Å². The van der Waals surface area contributed by atoms with E-state index in [1.54, 1.807) is 0 Å². The van der Waals surface area contributed by atoms with Crippen molar-refractivity contribution in [3.63, 3.8) is 0 Å². The molecule has 1 fully saturated rings. The third-order valence-corrected chi connectivity index (χ3v) is 4.88. The minimum atomic E-state index is -0.0658. The van der Waals surface area contributed by atoms with Gasteiger partial charge < -0.3 is 4.90 Å². The highest BCUT2D eigenvalue weighted by molar-refractivity contribution is 5.46. The average Bonchev–Trinajstić information content (AvgIpc) is 2.90. The van der Waals surface area contributed by atoms with Crippen LogP contribution < -0.4 is 4.90 Å². The van der Waals surface area contributed by atoms with E-state index in [1.807, 2.05) is 10.6 Å². The van der Waals surface area contributed by atoms with Crippen molar-refractivity contribution in [3.05, 3.63) is 18.0 Å². The molecule has 0 spiro atoms. The van der Waals surface area contributed by atoms with Crippen molar-refractivity contribution < 1.29 is 0 Å². The molecule has 3 rings (SSSR count). The van der Waals surface area contributed by atoms with Crippen LogP contribution in [0.1, 0.15) is 66.1 Å². The lowest BCUT2D eigenvalue weighted by Crippen LogP contribution is -2.42. The zero-order chi connectivity index (χ0) is 16.7. The van der Waals surface area contributed by atoms with E-state index in [0.717, 1.165) is 30.4 Å². The van der Waals surface area contributed by atoms with E-state index in [2.05, 4.69) is 55.8 Å². The fourth-order valence-corrected chi connectivity index (χ4v) is 3.73. The molecule has 5 heteroatoms. The third kappa shape index (κ3) is 3.19. The maximum Gasteiger partial charge on any atom is 0.178 e. The molecule has 0 bridgehead atoms. The van der Waals surface area contributed by atoms with Gasteiger partial charge in [0.1, 0.15) is 5.82 Å². The molecule has 2 aromatic heterocycles. The highest BCUT2D eigenvalue weighted by Crippen LogP contribution is 2.35. The maximum atomic E-state index is 4.87. The van der Waals surface area contributed by atoms with Gasteiger partial charge in [-0.2, -0.15) is 4.52 Å². The van der Waals surface area contributed by atoms with Crippen molar-refractivity contribution >= 4 is 11.5 Å². The molecule has 5 nitrogen and oxygen atoms in total. The van der Waals surface area contributed by atoms with E-state index in [4.69, 9.17) is 5.10 Å². The molecule has 0 saturated carbocycles. The van der Waals surface area contributed by atoms with Crippen LogP contribution in [-0.2, 0) is 5.41 Å². The highest BCUT2D eigenvalue weighted by Gasteiger charge is 2.31. The lowest BCUT2D eigenvalue weighted by Gasteiger charge is -2.41. The molecule has 0 amide bonds. The summed E-state index contributed by atoms with van der Waals surface area (Å²) in [6, 6.07) is 4.13. The second kappa shape index (κ2) is 5.77. The van der Waals surface area contributed by atoms with Crippen LogP contribution in [0.3, 0.4) is 0 Å². The number of hydrogen-bond donors (Lipinski definition) is 0. The first-order valence-corrected chi connectivity index (χ1v) is 8.80. The lowest BCUT2D eigenvalue weighted by atomic mass is 9.78. The van der Waals surface area contributed by atoms with Crippen LogP contribution in [0.25, 0.3) is 5.65 Å². The quantitative estimate of drug-likeness (QED) is 0.863. The predicted molar refractivity (Wildman–Crippen MR) is 93.9 cm³/mol.